The van der Waals surface area contributed by atoms with Gasteiger partial charge in [0.1, 0.15) is 0 Å². The predicted molar refractivity (Wildman–Crippen MR) is 82.8 cm³/mol. The van der Waals surface area contributed by atoms with Gasteiger partial charge in [-0.1, -0.05) is 12.1 Å². The Kier molecular flexibility index (Phi) is 4.54. The monoisotopic (exact) mass is 387 g/mol. The van der Waals surface area contributed by atoms with Gasteiger partial charge in [0.2, 0.25) is 0 Å². The molecule has 1 aromatic heterocycles. The highest BCUT2D eigenvalue weighted by Crippen LogP contribution is 2.18. The quantitative estimate of drug-likeness (QED) is 0.792. The van der Waals surface area contributed by atoms with Crippen LogP contribution in [0.4, 0.5) is 5.69 Å². The van der Waals surface area contributed by atoms with Gasteiger partial charge in [0.15, 0.2) is 0 Å². The second-order valence-corrected chi connectivity index (χ2v) is 6.67. The molecule has 0 aliphatic rings. The fourth-order valence-corrected chi connectivity index (χ4v) is 2.89. The van der Waals surface area contributed by atoms with E-state index in [-0.39, 0.29) is 12.3 Å². The van der Waals surface area contributed by atoms with Crippen LogP contribution in [0.2, 0.25) is 0 Å². The zero-order valence-corrected chi connectivity index (χ0v) is 12.7. The summed E-state index contributed by atoms with van der Waals surface area (Å²) >= 11 is 3.66. The smallest absolute Gasteiger partial charge is 0.307 e. The Morgan fingerprint density at radius 3 is 2.74 bits per heavy atom. The summed E-state index contributed by atoms with van der Waals surface area (Å²) in [6.07, 6.45) is -0.0555. The van der Waals surface area contributed by atoms with Gasteiger partial charge in [0.05, 0.1) is 14.9 Å². The number of rotatable bonds is 4. The molecular weight excluding hydrogens is 377 g/mol. The van der Waals surface area contributed by atoms with Crippen molar-refractivity contribution >= 4 is 51.5 Å². The predicted octanol–water partition coefficient (Wildman–Crippen LogP) is 3.23. The summed E-state index contributed by atoms with van der Waals surface area (Å²) in [4.78, 5) is 22.6. The molecule has 2 rings (SSSR count). The van der Waals surface area contributed by atoms with E-state index in [1.165, 1.54) is 11.3 Å². The Morgan fingerprint density at radius 2 is 2.11 bits per heavy atom. The van der Waals surface area contributed by atoms with E-state index in [0.717, 1.165) is 2.88 Å². The standard InChI is InChI=1S/C13H10INO3S/c14-11-6-9(7-19-11)13(18)15-10-3-1-2-8(4-10)5-12(16)17/h1-4,6-7H,5H2,(H,15,18)(H,16,17). The molecular formula is C13H10INO3S. The molecule has 0 aliphatic heterocycles. The number of carboxylic acid groups (broad SMARTS) is 1. The molecule has 0 atom stereocenters. The molecule has 0 aliphatic carbocycles. The number of carbonyl (C=O) groups is 2. The molecule has 2 aromatic rings. The fourth-order valence-electron chi connectivity index (χ4n) is 1.57. The second kappa shape index (κ2) is 6.16. The molecule has 19 heavy (non-hydrogen) atoms. The SMILES string of the molecule is O=C(O)Cc1cccc(NC(=O)c2csc(I)c2)c1. The van der Waals surface area contributed by atoms with Crippen molar-refractivity contribution < 1.29 is 14.7 Å². The van der Waals surface area contributed by atoms with Gasteiger partial charge in [0.25, 0.3) is 5.91 Å². The van der Waals surface area contributed by atoms with Crippen molar-refractivity contribution in [2.45, 2.75) is 6.42 Å². The third-order valence-electron chi connectivity index (χ3n) is 2.37. The number of hydrogen-bond acceptors (Lipinski definition) is 3. The van der Waals surface area contributed by atoms with Gasteiger partial charge in [-0.25, -0.2) is 0 Å². The van der Waals surface area contributed by atoms with Crippen LogP contribution in [0.3, 0.4) is 0 Å². The van der Waals surface area contributed by atoms with E-state index in [1.807, 2.05) is 6.07 Å². The molecule has 0 fully saturated rings. The number of benzene rings is 1. The van der Waals surface area contributed by atoms with Crippen molar-refractivity contribution in [3.8, 4) is 0 Å². The number of anilines is 1. The molecule has 6 heteroatoms. The number of hydrogen-bond donors (Lipinski definition) is 2. The first kappa shape index (κ1) is 14.0. The summed E-state index contributed by atoms with van der Waals surface area (Å²) in [6.45, 7) is 0. The Balaban J connectivity index is 2.10. The van der Waals surface area contributed by atoms with Crippen LogP contribution in [-0.4, -0.2) is 17.0 Å². The number of carboxylic acids is 1. The van der Waals surface area contributed by atoms with Crippen LogP contribution in [0.5, 0.6) is 0 Å². The normalized spacial score (nSPS) is 10.2. The largest absolute Gasteiger partial charge is 0.481 e. The van der Waals surface area contributed by atoms with Gasteiger partial charge in [-0.15, -0.1) is 11.3 Å². The van der Waals surface area contributed by atoms with Crippen molar-refractivity contribution in [2.75, 3.05) is 5.32 Å². The Bertz CT molecular complexity index is 624. The molecule has 0 saturated heterocycles. The molecule has 0 unspecified atom stereocenters. The van der Waals surface area contributed by atoms with E-state index in [1.54, 1.807) is 29.6 Å². The van der Waals surface area contributed by atoms with Crippen LogP contribution < -0.4 is 5.32 Å². The average Bonchev–Trinajstić information content (AvgIpc) is 2.75. The molecule has 0 spiro atoms. The first-order chi connectivity index (χ1) is 9.04. The summed E-state index contributed by atoms with van der Waals surface area (Å²) in [7, 11) is 0. The molecule has 1 amide bonds. The van der Waals surface area contributed by atoms with Crippen molar-refractivity contribution in [1.82, 2.24) is 0 Å². The van der Waals surface area contributed by atoms with E-state index in [9.17, 15) is 9.59 Å². The van der Waals surface area contributed by atoms with E-state index < -0.39 is 5.97 Å². The summed E-state index contributed by atoms with van der Waals surface area (Å²) in [5, 5.41) is 13.3. The lowest BCUT2D eigenvalue weighted by Gasteiger charge is -2.05. The van der Waals surface area contributed by atoms with Gasteiger partial charge in [-0.2, -0.15) is 0 Å². The molecule has 1 aromatic carbocycles. The third-order valence-corrected chi connectivity index (χ3v) is 4.16. The topological polar surface area (TPSA) is 66.4 Å². The molecule has 0 radical (unpaired) electrons. The zero-order valence-electron chi connectivity index (χ0n) is 9.72. The lowest BCUT2D eigenvalue weighted by molar-refractivity contribution is -0.136. The first-order valence-electron chi connectivity index (χ1n) is 5.41. The van der Waals surface area contributed by atoms with Gasteiger partial charge in [0, 0.05) is 11.1 Å². The summed E-state index contributed by atoms with van der Waals surface area (Å²) in [5.74, 6) is -1.08. The maximum atomic E-state index is 11.9. The highest BCUT2D eigenvalue weighted by atomic mass is 127. The van der Waals surface area contributed by atoms with Crippen LogP contribution in [0.15, 0.2) is 35.7 Å². The highest BCUT2D eigenvalue weighted by molar-refractivity contribution is 14.1. The van der Waals surface area contributed by atoms with Gasteiger partial charge in [-0.05, 0) is 46.4 Å². The molecule has 0 saturated carbocycles. The minimum atomic E-state index is -0.893. The first-order valence-corrected chi connectivity index (χ1v) is 7.36. The number of aliphatic carboxylic acids is 1. The second-order valence-electron chi connectivity index (χ2n) is 3.86. The van der Waals surface area contributed by atoms with Crippen molar-refractivity contribution in [3.05, 3.63) is 49.7 Å². The summed E-state index contributed by atoms with van der Waals surface area (Å²) in [5.41, 5.74) is 1.87. The number of halogens is 1. The Morgan fingerprint density at radius 1 is 1.32 bits per heavy atom. The van der Waals surface area contributed by atoms with Crippen LogP contribution >= 0.6 is 33.9 Å². The molecule has 0 bridgehead atoms. The molecule has 4 nitrogen and oxygen atoms in total. The van der Waals surface area contributed by atoms with E-state index in [4.69, 9.17) is 5.11 Å². The lowest BCUT2D eigenvalue weighted by atomic mass is 10.1. The number of thiophene rings is 1. The van der Waals surface area contributed by atoms with E-state index in [2.05, 4.69) is 27.9 Å². The van der Waals surface area contributed by atoms with Gasteiger partial charge < -0.3 is 10.4 Å². The van der Waals surface area contributed by atoms with Crippen LogP contribution in [0.1, 0.15) is 15.9 Å². The maximum absolute atomic E-state index is 11.9. The Hall–Kier alpha value is -1.41. The van der Waals surface area contributed by atoms with E-state index >= 15 is 0 Å². The maximum Gasteiger partial charge on any atom is 0.307 e. The van der Waals surface area contributed by atoms with E-state index in [0.29, 0.717) is 16.8 Å². The van der Waals surface area contributed by atoms with Crippen molar-refractivity contribution in [2.24, 2.45) is 0 Å². The van der Waals surface area contributed by atoms with Crippen LogP contribution in [-0.2, 0) is 11.2 Å². The van der Waals surface area contributed by atoms with Gasteiger partial charge >= 0.3 is 5.97 Å². The number of carbonyl (C=O) groups excluding carboxylic acids is 1. The molecule has 98 valence electrons. The van der Waals surface area contributed by atoms with Crippen molar-refractivity contribution in [3.63, 3.8) is 0 Å². The number of amides is 1. The minimum absolute atomic E-state index is 0.0555. The number of nitrogens with one attached hydrogen (secondary N) is 1. The van der Waals surface area contributed by atoms with Crippen LogP contribution in [0.25, 0.3) is 0 Å². The average molecular weight is 387 g/mol. The minimum Gasteiger partial charge on any atom is -0.481 e. The summed E-state index contributed by atoms with van der Waals surface area (Å²) < 4.78 is 1.04. The third kappa shape index (κ3) is 4.03. The molecule has 1 heterocycles. The highest BCUT2D eigenvalue weighted by Gasteiger charge is 2.09. The van der Waals surface area contributed by atoms with Crippen molar-refractivity contribution in [1.29, 1.82) is 0 Å². The zero-order chi connectivity index (χ0) is 13.8. The van der Waals surface area contributed by atoms with Crippen LogP contribution in [0, 0.1) is 2.88 Å². The van der Waals surface area contributed by atoms with Gasteiger partial charge in [-0.3, -0.25) is 9.59 Å². The Labute approximate surface area is 127 Å². The summed E-state index contributed by atoms with van der Waals surface area (Å²) in [6, 6.07) is 8.66. The fraction of sp³-hybridized carbons (Fsp3) is 0.0769. The lowest BCUT2D eigenvalue weighted by Crippen LogP contribution is -2.11. The molecule has 2 N–H and O–H groups in total.